The van der Waals surface area contributed by atoms with E-state index in [0.717, 1.165) is 35.5 Å². The van der Waals surface area contributed by atoms with E-state index in [1.165, 1.54) is 6.07 Å². The number of ether oxygens (including phenoxy) is 4. The lowest BCUT2D eigenvalue weighted by Gasteiger charge is -2.24. The van der Waals surface area contributed by atoms with Crippen molar-refractivity contribution in [3.05, 3.63) is 34.9 Å². The molecule has 0 saturated heterocycles. The van der Waals surface area contributed by atoms with Gasteiger partial charge < -0.3 is 71.3 Å². The molecule has 1 rings (SSSR count). The van der Waals surface area contributed by atoms with E-state index < -0.39 is 61.6 Å². The normalized spacial score (nSPS) is 10.7. The third-order valence-electron chi connectivity index (χ3n) is 11.8. The minimum absolute atomic E-state index is 0.0323. The van der Waals surface area contributed by atoms with E-state index in [-0.39, 0.29) is 60.9 Å². The van der Waals surface area contributed by atoms with E-state index in [2.05, 4.69) is 42.5 Å². The lowest BCUT2D eigenvalue weighted by molar-refractivity contribution is -0.125. The first-order valence-corrected chi connectivity index (χ1v) is 27.5. The van der Waals surface area contributed by atoms with Crippen molar-refractivity contribution in [2.45, 2.75) is 116 Å². The first-order chi connectivity index (χ1) is 37.7. The molecule has 10 amide bonds. The van der Waals surface area contributed by atoms with Crippen molar-refractivity contribution in [3.8, 4) is 0 Å². The van der Waals surface area contributed by atoms with Gasteiger partial charge >= 0.3 is 0 Å². The molecular weight excluding hydrogens is 1010 g/mol. The molecular formula is C54H92N10O14. The Morgan fingerprint density at radius 2 is 0.564 bits per heavy atom. The Morgan fingerprint density at radius 3 is 0.782 bits per heavy atom. The zero-order valence-corrected chi connectivity index (χ0v) is 47.2. The van der Waals surface area contributed by atoms with Gasteiger partial charge in [0, 0.05) is 144 Å². The van der Waals surface area contributed by atoms with Crippen LogP contribution in [0.3, 0.4) is 0 Å². The van der Waals surface area contributed by atoms with Crippen LogP contribution in [0.25, 0.3) is 0 Å². The van der Waals surface area contributed by atoms with Gasteiger partial charge in [0.1, 0.15) is 26.2 Å². The van der Waals surface area contributed by atoms with Crippen molar-refractivity contribution >= 4 is 59.1 Å². The maximum atomic E-state index is 14.5. The Kier molecular flexibility index (Phi) is 40.9. The van der Waals surface area contributed by atoms with Gasteiger partial charge in [-0.15, -0.1) is 0 Å². The number of hydrogen-bond donors (Lipinski definition) is 8. The van der Waals surface area contributed by atoms with Crippen molar-refractivity contribution in [1.29, 1.82) is 0 Å². The van der Waals surface area contributed by atoms with Gasteiger partial charge in [0.2, 0.25) is 47.3 Å². The average Bonchev–Trinajstić information content (AvgIpc) is 3.44. The molecule has 442 valence electrons. The molecule has 0 aliphatic carbocycles. The smallest absolute Gasteiger partial charge is 0.254 e. The van der Waals surface area contributed by atoms with Crippen LogP contribution in [0, 0.1) is 0 Å². The fraction of sp³-hybridized carbons (Fsp3) is 0.704. The zero-order valence-electron chi connectivity index (χ0n) is 47.2. The lowest BCUT2D eigenvalue weighted by atomic mass is 10.0. The monoisotopic (exact) mass is 1100 g/mol. The lowest BCUT2D eigenvalue weighted by Crippen LogP contribution is -2.47. The molecule has 0 saturated carbocycles. The summed E-state index contributed by atoms with van der Waals surface area (Å²) in [6.07, 6.45) is 8.99. The fourth-order valence-electron chi connectivity index (χ4n) is 7.48. The molecule has 0 atom stereocenters. The SMILES string of the molecule is CCc1cc(C(=O)N(CC(=O)NCCCNC(=O)CCCCOC)CC(=O)NCCCNC(=O)CCCCOC)cc(C(=O)N(CC(=O)NCCCNC(=O)CCCCOC)CC(=O)NCCCNC(=O)CCCCOC)c1. The number of nitrogens with one attached hydrogen (secondary N) is 8. The molecule has 0 spiro atoms. The van der Waals surface area contributed by atoms with E-state index in [1.807, 2.05) is 0 Å². The first kappa shape index (κ1) is 69.8. The fourth-order valence-corrected chi connectivity index (χ4v) is 7.48. The van der Waals surface area contributed by atoms with E-state index in [9.17, 15) is 47.9 Å². The molecule has 0 radical (unpaired) electrons. The summed E-state index contributed by atoms with van der Waals surface area (Å²) in [6.45, 7) is 3.72. The third-order valence-corrected chi connectivity index (χ3v) is 11.8. The van der Waals surface area contributed by atoms with Crippen molar-refractivity contribution in [1.82, 2.24) is 52.3 Å². The predicted octanol–water partition coefficient (Wildman–Crippen LogP) is 0.890. The van der Waals surface area contributed by atoms with Gasteiger partial charge in [0.05, 0.1) is 0 Å². The van der Waals surface area contributed by atoms with Crippen LogP contribution in [-0.2, 0) is 63.7 Å². The summed E-state index contributed by atoms with van der Waals surface area (Å²) in [5.74, 6) is -4.33. The minimum atomic E-state index is -0.753. The second-order valence-electron chi connectivity index (χ2n) is 18.6. The summed E-state index contributed by atoms with van der Waals surface area (Å²) < 4.78 is 20.1. The summed E-state index contributed by atoms with van der Waals surface area (Å²) in [5.41, 5.74) is 0.472. The number of unbranched alkanes of at least 4 members (excludes halogenated alkanes) is 4. The topological polar surface area (TPSA) is 310 Å². The molecule has 0 unspecified atom stereocenters. The molecule has 0 aliphatic rings. The van der Waals surface area contributed by atoms with Crippen molar-refractivity contribution in [2.75, 3.05) is 133 Å². The molecule has 1 aromatic carbocycles. The summed E-state index contributed by atoms with van der Waals surface area (Å²) in [4.78, 5) is 133. The summed E-state index contributed by atoms with van der Waals surface area (Å²) in [7, 11) is 6.38. The second-order valence-corrected chi connectivity index (χ2v) is 18.6. The number of carbonyl (C=O) groups is 10. The molecule has 78 heavy (non-hydrogen) atoms. The van der Waals surface area contributed by atoms with Crippen LogP contribution in [0.1, 0.15) is 136 Å². The van der Waals surface area contributed by atoms with Gasteiger partial charge in [-0.3, -0.25) is 47.9 Å². The van der Waals surface area contributed by atoms with Gasteiger partial charge in [0.25, 0.3) is 11.8 Å². The van der Waals surface area contributed by atoms with Crippen LogP contribution in [0.15, 0.2) is 18.2 Å². The summed E-state index contributed by atoms with van der Waals surface area (Å²) in [6, 6.07) is 4.37. The predicted molar refractivity (Wildman–Crippen MR) is 293 cm³/mol. The van der Waals surface area contributed by atoms with Crippen LogP contribution in [0.2, 0.25) is 0 Å². The highest BCUT2D eigenvalue weighted by Gasteiger charge is 2.26. The summed E-state index contributed by atoms with van der Waals surface area (Å²) >= 11 is 0. The Balaban J connectivity index is 3.28. The molecule has 1 aromatic rings. The Bertz CT molecular complexity index is 1730. The number of nitrogens with zero attached hydrogens (tertiary/aromatic N) is 2. The second kappa shape index (κ2) is 45.7. The first-order valence-electron chi connectivity index (χ1n) is 27.5. The maximum Gasteiger partial charge on any atom is 0.254 e. The average molecular weight is 1110 g/mol. The Labute approximate surface area is 461 Å². The van der Waals surface area contributed by atoms with E-state index in [1.54, 1.807) is 47.5 Å². The number of hydrogen-bond acceptors (Lipinski definition) is 14. The van der Waals surface area contributed by atoms with Gasteiger partial charge in [-0.25, -0.2) is 0 Å². The van der Waals surface area contributed by atoms with E-state index >= 15 is 0 Å². The zero-order chi connectivity index (χ0) is 57.6. The molecule has 0 aliphatic heterocycles. The number of rotatable bonds is 47. The molecule has 24 nitrogen and oxygen atoms in total. The largest absolute Gasteiger partial charge is 0.385 e. The minimum Gasteiger partial charge on any atom is -0.385 e. The maximum absolute atomic E-state index is 14.5. The van der Waals surface area contributed by atoms with Crippen LogP contribution >= 0.6 is 0 Å². The number of benzene rings is 1. The van der Waals surface area contributed by atoms with E-state index in [0.29, 0.717) is 142 Å². The van der Waals surface area contributed by atoms with Crippen LogP contribution in [-0.4, -0.2) is 202 Å². The molecule has 0 heterocycles. The van der Waals surface area contributed by atoms with Crippen LogP contribution in [0.4, 0.5) is 0 Å². The molecule has 8 N–H and O–H groups in total. The third kappa shape index (κ3) is 36.0. The number of aryl methyl sites for hydroxylation is 1. The van der Waals surface area contributed by atoms with Crippen LogP contribution < -0.4 is 42.5 Å². The van der Waals surface area contributed by atoms with Gasteiger partial charge in [0.15, 0.2) is 0 Å². The molecule has 0 aromatic heterocycles. The molecule has 0 fully saturated rings. The van der Waals surface area contributed by atoms with Crippen molar-refractivity contribution < 1.29 is 66.9 Å². The van der Waals surface area contributed by atoms with Crippen molar-refractivity contribution in [3.63, 3.8) is 0 Å². The standard InChI is InChI=1S/C54H92N10O14/c1-6-42-35-43(53(73)63(38-49(69)59-27-15-23-55-45(65)19-7-11-31-75-2)39-50(70)60-28-16-24-56-46(66)20-8-12-32-76-3)37-44(36-42)54(74)64(40-51(71)61-29-17-25-57-47(67)21-9-13-33-77-4)41-52(72)62-30-18-26-58-48(68)22-10-14-34-78-5/h35-37H,6-34,38-41H2,1-5H3,(H,55,65)(H,56,66)(H,57,67)(H,58,68)(H,59,69)(H,60,70)(H,61,71)(H,62,72). The van der Waals surface area contributed by atoms with Gasteiger partial charge in [-0.1, -0.05) is 6.92 Å². The highest BCUT2D eigenvalue weighted by Crippen LogP contribution is 2.16. The van der Waals surface area contributed by atoms with E-state index in [4.69, 9.17) is 18.9 Å². The Morgan fingerprint density at radius 1 is 0.333 bits per heavy atom. The Hall–Kier alpha value is -6.24. The van der Waals surface area contributed by atoms with Gasteiger partial charge in [-0.05, 0) is 107 Å². The highest BCUT2D eigenvalue weighted by molar-refractivity contribution is 6.03. The quantitative estimate of drug-likeness (QED) is 0.0421. The number of amides is 10. The van der Waals surface area contributed by atoms with Gasteiger partial charge in [-0.2, -0.15) is 0 Å². The van der Waals surface area contributed by atoms with Crippen LogP contribution in [0.5, 0.6) is 0 Å². The number of methoxy groups -OCH3 is 4. The molecule has 0 bridgehead atoms. The molecule has 24 heteroatoms. The van der Waals surface area contributed by atoms with Crippen molar-refractivity contribution in [2.24, 2.45) is 0 Å². The summed E-state index contributed by atoms with van der Waals surface area (Å²) in [5, 5.41) is 22.2. The number of carbonyl (C=O) groups excluding carboxylic acids is 10. The highest BCUT2D eigenvalue weighted by atomic mass is 16.5.